The van der Waals surface area contributed by atoms with E-state index in [2.05, 4.69) is 15.8 Å². The number of rotatable bonds is 7. The number of carbonyl (C=O) groups excluding carboxylic acids is 1. The molecule has 0 atom stereocenters. The van der Waals surface area contributed by atoms with Crippen molar-refractivity contribution in [1.82, 2.24) is 5.43 Å². The van der Waals surface area contributed by atoms with E-state index in [4.69, 9.17) is 16.0 Å². The Labute approximate surface area is 187 Å². The molecule has 0 saturated heterocycles. The Hall–Kier alpha value is -4.17. The first kappa shape index (κ1) is 21.1. The van der Waals surface area contributed by atoms with Gasteiger partial charge in [-0.15, -0.1) is 0 Å². The van der Waals surface area contributed by atoms with Gasteiger partial charge in [0.1, 0.15) is 11.5 Å². The third-order valence-corrected chi connectivity index (χ3v) is 4.97. The summed E-state index contributed by atoms with van der Waals surface area (Å²) in [5, 5.41) is 20.4. The number of nitro benzene ring substituents is 1. The van der Waals surface area contributed by atoms with Gasteiger partial charge in [-0.3, -0.25) is 14.9 Å². The van der Waals surface area contributed by atoms with Crippen LogP contribution in [0.5, 0.6) is 0 Å². The van der Waals surface area contributed by atoms with E-state index in [-0.39, 0.29) is 18.1 Å². The van der Waals surface area contributed by atoms with Gasteiger partial charge in [-0.25, -0.2) is 5.43 Å². The molecular formula is C23H17ClN4O4. The van der Waals surface area contributed by atoms with Crippen molar-refractivity contribution in [3.63, 3.8) is 0 Å². The first-order valence-corrected chi connectivity index (χ1v) is 9.96. The molecule has 0 spiro atoms. The lowest BCUT2D eigenvalue weighted by atomic mass is 10.1. The van der Waals surface area contributed by atoms with Crippen molar-refractivity contribution in [3.05, 3.63) is 93.7 Å². The lowest BCUT2D eigenvalue weighted by molar-refractivity contribution is -0.384. The van der Waals surface area contributed by atoms with Crippen LogP contribution < -0.4 is 10.7 Å². The maximum absolute atomic E-state index is 12.0. The van der Waals surface area contributed by atoms with Gasteiger partial charge in [0.2, 0.25) is 0 Å². The van der Waals surface area contributed by atoms with Gasteiger partial charge in [0.05, 0.1) is 22.7 Å². The minimum absolute atomic E-state index is 0.0440. The molecule has 0 unspecified atom stereocenters. The fraction of sp³-hybridized carbons (Fsp3) is 0.0435. The Morgan fingerprint density at radius 1 is 1.06 bits per heavy atom. The molecule has 9 heteroatoms. The molecule has 0 aliphatic rings. The van der Waals surface area contributed by atoms with Gasteiger partial charge >= 0.3 is 0 Å². The molecule has 0 bridgehead atoms. The van der Waals surface area contributed by atoms with Gasteiger partial charge in [0, 0.05) is 23.4 Å². The van der Waals surface area contributed by atoms with E-state index in [9.17, 15) is 14.9 Å². The topological polar surface area (TPSA) is 110 Å². The van der Waals surface area contributed by atoms with Crippen LogP contribution in [0.15, 0.2) is 82.3 Å². The van der Waals surface area contributed by atoms with Crippen LogP contribution in [0.3, 0.4) is 0 Å². The van der Waals surface area contributed by atoms with Crippen LogP contribution in [0.4, 0.5) is 11.4 Å². The van der Waals surface area contributed by atoms with Crippen molar-refractivity contribution in [1.29, 1.82) is 0 Å². The molecule has 1 heterocycles. The van der Waals surface area contributed by atoms with Crippen LogP contribution in [0.1, 0.15) is 5.76 Å². The summed E-state index contributed by atoms with van der Waals surface area (Å²) in [4.78, 5) is 22.5. The smallest absolute Gasteiger partial charge is 0.270 e. The number of hydrazone groups is 1. The molecule has 1 aromatic heterocycles. The summed E-state index contributed by atoms with van der Waals surface area (Å²) in [6.45, 7) is 0.0440. The summed E-state index contributed by atoms with van der Waals surface area (Å²) < 4.78 is 5.61. The highest BCUT2D eigenvalue weighted by atomic mass is 35.5. The number of non-ortho nitro benzene ring substituents is 1. The summed E-state index contributed by atoms with van der Waals surface area (Å²) in [5.74, 6) is 0.373. The number of fused-ring (bicyclic) bond motifs is 1. The molecule has 160 valence electrons. The quantitative estimate of drug-likeness (QED) is 0.229. The zero-order valence-electron chi connectivity index (χ0n) is 16.6. The van der Waals surface area contributed by atoms with Crippen molar-refractivity contribution in [3.8, 4) is 11.3 Å². The number of nitrogens with one attached hydrogen (secondary N) is 2. The lowest BCUT2D eigenvalue weighted by Crippen LogP contribution is -2.25. The second kappa shape index (κ2) is 9.32. The van der Waals surface area contributed by atoms with E-state index < -0.39 is 4.92 Å². The molecule has 0 aliphatic carbocycles. The molecular weight excluding hydrogens is 432 g/mol. The number of carbonyl (C=O) groups is 1. The van der Waals surface area contributed by atoms with Crippen LogP contribution in [-0.2, 0) is 4.79 Å². The van der Waals surface area contributed by atoms with Crippen LogP contribution in [0.25, 0.3) is 22.1 Å². The predicted molar refractivity (Wildman–Crippen MR) is 124 cm³/mol. The normalized spacial score (nSPS) is 11.0. The molecule has 32 heavy (non-hydrogen) atoms. The van der Waals surface area contributed by atoms with Gasteiger partial charge in [0.25, 0.3) is 11.6 Å². The highest BCUT2D eigenvalue weighted by Crippen LogP contribution is 2.32. The van der Waals surface area contributed by atoms with Gasteiger partial charge in [-0.2, -0.15) is 5.10 Å². The molecule has 4 rings (SSSR count). The first-order chi connectivity index (χ1) is 15.5. The molecule has 0 aliphatic heterocycles. The maximum atomic E-state index is 12.0. The average Bonchev–Trinajstić information content (AvgIpc) is 3.26. The highest BCUT2D eigenvalue weighted by molar-refractivity contribution is 6.33. The number of furan rings is 1. The Morgan fingerprint density at radius 2 is 1.88 bits per heavy atom. The van der Waals surface area contributed by atoms with Crippen LogP contribution in [-0.4, -0.2) is 23.6 Å². The van der Waals surface area contributed by atoms with E-state index in [1.807, 2.05) is 42.5 Å². The molecule has 0 fully saturated rings. The SMILES string of the molecule is O=C(CNc1ccc2ccccc2c1)N/N=C/c1ccc(-c2cc([N+](=O)[O-])ccc2Cl)o1. The Morgan fingerprint density at radius 3 is 2.69 bits per heavy atom. The van der Waals surface area contributed by atoms with Crippen molar-refractivity contribution in [2.75, 3.05) is 11.9 Å². The van der Waals surface area contributed by atoms with E-state index in [1.165, 1.54) is 24.4 Å². The number of nitro groups is 1. The number of halogens is 1. The van der Waals surface area contributed by atoms with Crippen LogP contribution in [0, 0.1) is 10.1 Å². The fourth-order valence-electron chi connectivity index (χ4n) is 3.07. The second-order valence-corrected chi connectivity index (χ2v) is 7.24. The maximum Gasteiger partial charge on any atom is 0.270 e. The standard InChI is InChI=1S/C23H17ClN4O4/c24-21-9-7-18(28(30)31)12-20(21)22-10-8-19(32-22)13-26-27-23(29)14-25-17-6-5-15-3-1-2-4-16(15)11-17/h1-13,25H,14H2,(H,27,29)/b26-13+. The number of hydrogen-bond acceptors (Lipinski definition) is 6. The highest BCUT2D eigenvalue weighted by Gasteiger charge is 2.14. The molecule has 4 aromatic rings. The molecule has 0 radical (unpaired) electrons. The Kier molecular flexibility index (Phi) is 6.14. The van der Waals surface area contributed by atoms with Gasteiger partial charge < -0.3 is 9.73 Å². The third-order valence-electron chi connectivity index (χ3n) is 4.64. The van der Waals surface area contributed by atoms with Gasteiger partial charge in [-0.1, -0.05) is 41.9 Å². The molecule has 3 aromatic carbocycles. The number of nitrogens with zero attached hydrogens (tertiary/aromatic N) is 2. The molecule has 1 amide bonds. The monoisotopic (exact) mass is 448 g/mol. The zero-order chi connectivity index (χ0) is 22.5. The van der Waals surface area contributed by atoms with E-state index in [0.29, 0.717) is 22.1 Å². The van der Waals surface area contributed by atoms with Crippen molar-refractivity contribution >= 4 is 45.9 Å². The van der Waals surface area contributed by atoms with Crippen molar-refractivity contribution in [2.45, 2.75) is 0 Å². The van der Waals surface area contributed by atoms with Crippen molar-refractivity contribution in [2.24, 2.45) is 5.10 Å². The summed E-state index contributed by atoms with van der Waals surface area (Å²) >= 11 is 6.13. The first-order valence-electron chi connectivity index (χ1n) is 9.58. The number of amides is 1. The van der Waals surface area contributed by atoms with Crippen LogP contribution >= 0.6 is 11.6 Å². The second-order valence-electron chi connectivity index (χ2n) is 6.83. The Balaban J connectivity index is 1.34. The molecule has 8 nitrogen and oxygen atoms in total. The number of anilines is 1. The number of benzene rings is 3. The number of hydrogen-bond donors (Lipinski definition) is 2. The van der Waals surface area contributed by atoms with E-state index in [1.54, 1.807) is 12.1 Å². The average molecular weight is 449 g/mol. The minimum Gasteiger partial charge on any atom is -0.455 e. The Bertz CT molecular complexity index is 1330. The lowest BCUT2D eigenvalue weighted by Gasteiger charge is -2.06. The van der Waals surface area contributed by atoms with Gasteiger partial charge in [0.15, 0.2) is 0 Å². The summed E-state index contributed by atoms with van der Waals surface area (Å²) in [6.07, 6.45) is 1.34. The largest absolute Gasteiger partial charge is 0.455 e. The minimum atomic E-state index is -0.507. The molecule has 2 N–H and O–H groups in total. The zero-order valence-corrected chi connectivity index (χ0v) is 17.4. The summed E-state index contributed by atoms with van der Waals surface area (Å²) in [5.41, 5.74) is 3.54. The third kappa shape index (κ3) is 4.93. The van der Waals surface area contributed by atoms with E-state index in [0.717, 1.165) is 16.5 Å². The van der Waals surface area contributed by atoms with Gasteiger partial charge in [-0.05, 0) is 41.1 Å². The van der Waals surface area contributed by atoms with E-state index >= 15 is 0 Å². The van der Waals surface area contributed by atoms with Crippen LogP contribution in [0.2, 0.25) is 5.02 Å². The predicted octanol–water partition coefficient (Wildman–Crippen LogP) is 5.22. The fourth-order valence-corrected chi connectivity index (χ4v) is 3.28. The van der Waals surface area contributed by atoms with Crippen molar-refractivity contribution < 1.29 is 14.1 Å². The summed E-state index contributed by atoms with van der Waals surface area (Å²) in [6, 6.07) is 21.1. The molecule has 0 saturated carbocycles. The summed E-state index contributed by atoms with van der Waals surface area (Å²) in [7, 11) is 0.